The van der Waals surface area contributed by atoms with E-state index in [0.29, 0.717) is 11.1 Å². The molecule has 4 nitrogen and oxygen atoms in total. The van der Waals surface area contributed by atoms with Gasteiger partial charge in [-0.05, 0) is 18.2 Å². The van der Waals surface area contributed by atoms with Crippen molar-refractivity contribution in [3.8, 4) is 11.5 Å². The summed E-state index contributed by atoms with van der Waals surface area (Å²) in [6.07, 6.45) is 0. The van der Waals surface area contributed by atoms with E-state index in [1.165, 1.54) is 25.1 Å². The van der Waals surface area contributed by atoms with Crippen molar-refractivity contribution in [3.05, 3.63) is 59.7 Å². The van der Waals surface area contributed by atoms with Crippen LogP contribution in [0.15, 0.2) is 48.5 Å². The predicted octanol–water partition coefficient (Wildman–Crippen LogP) is 2.55. The highest BCUT2D eigenvalue weighted by atomic mass is 16.5. The number of hydrogen-bond donors (Lipinski definition) is 1. The number of esters is 1. The van der Waals surface area contributed by atoms with Crippen LogP contribution in [-0.4, -0.2) is 16.9 Å². The lowest BCUT2D eigenvalue weighted by Crippen LogP contribution is -2.04. The van der Waals surface area contributed by atoms with E-state index >= 15 is 0 Å². The Balaban J connectivity index is 2.30. The molecule has 1 N–H and O–H groups in total. The fourth-order valence-corrected chi connectivity index (χ4v) is 1.66. The van der Waals surface area contributed by atoms with Crippen molar-refractivity contribution >= 4 is 11.8 Å². The van der Waals surface area contributed by atoms with Crippen molar-refractivity contribution in [3.63, 3.8) is 0 Å². The third-order valence-corrected chi connectivity index (χ3v) is 2.51. The highest BCUT2D eigenvalue weighted by Gasteiger charge is 2.12. The maximum atomic E-state index is 12.1. The van der Waals surface area contributed by atoms with Gasteiger partial charge in [0.1, 0.15) is 0 Å². The molecule has 0 unspecified atom stereocenters. The van der Waals surface area contributed by atoms with Crippen LogP contribution >= 0.6 is 0 Å². The molecule has 4 heteroatoms. The van der Waals surface area contributed by atoms with Crippen molar-refractivity contribution in [2.75, 3.05) is 0 Å². The van der Waals surface area contributed by atoms with Gasteiger partial charge < -0.3 is 9.84 Å². The third-order valence-electron chi connectivity index (χ3n) is 2.51. The maximum absolute atomic E-state index is 12.1. The van der Waals surface area contributed by atoms with Gasteiger partial charge in [0.2, 0.25) is 0 Å². The number of carbonyl (C=O) groups excluding carboxylic acids is 2. The molecule has 96 valence electrons. The monoisotopic (exact) mass is 256 g/mol. The van der Waals surface area contributed by atoms with Crippen molar-refractivity contribution < 1.29 is 19.4 Å². The third kappa shape index (κ3) is 2.98. The van der Waals surface area contributed by atoms with Crippen LogP contribution in [0.3, 0.4) is 0 Å². The molecule has 2 aromatic rings. The Morgan fingerprint density at radius 2 is 1.68 bits per heavy atom. The first-order valence-corrected chi connectivity index (χ1v) is 5.69. The van der Waals surface area contributed by atoms with Crippen molar-refractivity contribution in [2.24, 2.45) is 0 Å². The first-order valence-electron chi connectivity index (χ1n) is 5.69. The number of aromatic hydroxyl groups is 1. The number of benzene rings is 2. The Hall–Kier alpha value is -2.62. The van der Waals surface area contributed by atoms with E-state index in [1.54, 1.807) is 24.3 Å². The number of hydrogen-bond acceptors (Lipinski definition) is 4. The summed E-state index contributed by atoms with van der Waals surface area (Å²) in [4.78, 5) is 22.9. The fraction of sp³-hybridized carbons (Fsp3) is 0.0667. The lowest BCUT2D eigenvalue weighted by Gasteiger charge is -2.06. The highest BCUT2D eigenvalue weighted by molar-refractivity contribution is 6.09. The number of ketones is 1. The Kier molecular flexibility index (Phi) is 3.61. The van der Waals surface area contributed by atoms with E-state index in [2.05, 4.69) is 0 Å². The summed E-state index contributed by atoms with van der Waals surface area (Å²) in [5.74, 6) is -0.934. The van der Waals surface area contributed by atoms with Crippen molar-refractivity contribution in [1.82, 2.24) is 0 Å². The van der Waals surface area contributed by atoms with Gasteiger partial charge in [0.25, 0.3) is 0 Å². The zero-order valence-electron chi connectivity index (χ0n) is 10.3. The first-order chi connectivity index (χ1) is 9.08. The number of phenols is 1. The zero-order chi connectivity index (χ0) is 13.8. The quantitative estimate of drug-likeness (QED) is 0.520. The summed E-state index contributed by atoms with van der Waals surface area (Å²) < 4.78 is 4.79. The number of ether oxygens (including phenoxy) is 1. The highest BCUT2D eigenvalue weighted by Crippen LogP contribution is 2.27. The van der Waals surface area contributed by atoms with Crippen LogP contribution in [0, 0.1) is 0 Å². The summed E-state index contributed by atoms with van der Waals surface area (Å²) in [5.41, 5.74) is 0.863. The SMILES string of the molecule is CC(=O)Oc1ccc(C(=O)c2ccccc2)cc1O. The molecule has 0 spiro atoms. The second-order valence-electron chi connectivity index (χ2n) is 3.97. The molecule has 0 saturated carbocycles. The molecule has 19 heavy (non-hydrogen) atoms. The average Bonchev–Trinajstić information content (AvgIpc) is 2.41. The molecule has 0 aliphatic rings. The second-order valence-corrected chi connectivity index (χ2v) is 3.97. The van der Waals surface area contributed by atoms with Gasteiger partial charge in [-0.15, -0.1) is 0 Å². The van der Waals surface area contributed by atoms with Gasteiger partial charge in [-0.1, -0.05) is 30.3 Å². The van der Waals surface area contributed by atoms with Gasteiger partial charge in [-0.25, -0.2) is 0 Å². The standard InChI is InChI=1S/C15H12O4/c1-10(16)19-14-8-7-12(9-13(14)17)15(18)11-5-3-2-4-6-11/h2-9,17H,1H3. The minimum atomic E-state index is -0.530. The molecule has 0 fully saturated rings. The zero-order valence-corrected chi connectivity index (χ0v) is 10.3. The lowest BCUT2D eigenvalue weighted by molar-refractivity contribution is -0.132. The van der Waals surface area contributed by atoms with E-state index < -0.39 is 5.97 Å². The fourth-order valence-electron chi connectivity index (χ4n) is 1.66. The molecule has 0 amide bonds. The Morgan fingerprint density at radius 3 is 2.26 bits per heavy atom. The van der Waals surface area contributed by atoms with Crippen LogP contribution in [0.2, 0.25) is 0 Å². The predicted molar refractivity (Wildman–Crippen MR) is 69.3 cm³/mol. The van der Waals surface area contributed by atoms with E-state index in [-0.39, 0.29) is 17.3 Å². The average molecular weight is 256 g/mol. The molecule has 2 aromatic carbocycles. The summed E-state index contributed by atoms with van der Waals surface area (Å²) in [6.45, 7) is 1.24. The van der Waals surface area contributed by atoms with Crippen LogP contribution in [0.5, 0.6) is 11.5 Å². The molecule has 0 bridgehead atoms. The van der Waals surface area contributed by atoms with Crippen molar-refractivity contribution in [2.45, 2.75) is 6.92 Å². The molecular formula is C15H12O4. The van der Waals surface area contributed by atoms with Gasteiger partial charge in [0.15, 0.2) is 17.3 Å². The Bertz CT molecular complexity index is 617. The summed E-state index contributed by atoms with van der Waals surface area (Å²) in [5, 5.41) is 9.71. The minimum Gasteiger partial charge on any atom is -0.504 e. The largest absolute Gasteiger partial charge is 0.504 e. The van der Waals surface area contributed by atoms with Gasteiger partial charge in [0, 0.05) is 18.1 Å². The normalized spacial score (nSPS) is 9.95. The molecule has 0 radical (unpaired) electrons. The van der Waals surface area contributed by atoms with E-state index in [1.807, 2.05) is 6.07 Å². The minimum absolute atomic E-state index is 0.0390. The van der Waals surface area contributed by atoms with E-state index in [9.17, 15) is 14.7 Å². The van der Waals surface area contributed by atoms with Crippen LogP contribution in [0.25, 0.3) is 0 Å². The van der Waals surface area contributed by atoms with Crippen LogP contribution in [0.4, 0.5) is 0 Å². The molecule has 0 aromatic heterocycles. The molecule has 0 saturated heterocycles. The summed E-state index contributed by atoms with van der Waals surface area (Å²) >= 11 is 0. The van der Waals surface area contributed by atoms with Gasteiger partial charge in [-0.3, -0.25) is 9.59 Å². The van der Waals surface area contributed by atoms with E-state index in [4.69, 9.17) is 4.74 Å². The summed E-state index contributed by atoms with van der Waals surface area (Å²) in [7, 11) is 0. The molecule has 2 rings (SSSR count). The van der Waals surface area contributed by atoms with Gasteiger partial charge >= 0.3 is 5.97 Å². The molecule has 0 aliphatic heterocycles. The van der Waals surface area contributed by atoms with Crippen LogP contribution < -0.4 is 4.74 Å². The number of rotatable bonds is 3. The number of phenolic OH excluding ortho intramolecular Hbond substituents is 1. The Labute approximate surface area is 110 Å². The topological polar surface area (TPSA) is 63.6 Å². The van der Waals surface area contributed by atoms with Crippen LogP contribution in [0.1, 0.15) is 22.8 Å². The van der Waals surface area contributed by atoms with E-state index in [0.717, 1.165) is 0 Å². The van der Waals surface area contributed by atoms with Gasteiger partial charge in [-0.2, -0.15) is 0 Å². The molecule has 0 heterocycles. The second kappa shape index (κ2) is 5.35. The molecule has 0 atom stereocenters. The summed E-state index contributed by atoms with van der Waals surface area (Å²) in [6, 6.07) is 12.9. The van der Waals surface area contributed by atoms with Crippen molar-refractivity contribution in [1.29, 1.82) is 0 Å². The molecular weight excluding hydrogens is 244 g/mol. The van der Waals surface area contributed by atoms with Gasteiger partial charge in [0.05, 0.1) is 0 Å². The lowest BCUT2D eigenvalue weighted by atomic mass is 10.0. The Morgan fingerprint density at radius 1 is 1.00 bits per heavy atom. The smallest absolute Gasteiger partial charge is 0.308 e. The number of carbonyl (C=O) groups is 2. The molecule has 0 aliphatic carbocycles. The maximum Gasteiger partial charge on any atom is 0.308 e. The first kappa shape index (κ1) is 12.8. The van der Waals surface area contributed by atoms with Crippen LogP contribution in [-0.2, 0) is 4.79 Å².